The van der Waals surface area contributed by atoms with Crippen LogP contribution in [0.2, 0.25) is 0 Å². The van der Waals surface area contributed by atoms with E-state index in [1.807, 2.05) is 0 Å². The average molecular weight is 448 g/mol. The van der Waals surface area contributed by atoms with Gasteiger partial charge in [-0.25, -0.2) is 5.43 Å². The minimum Gasteiger partial charge on any atom is -0.497 e. The second-order valence-electron chi connectivity index (χ2n) is 6.64. The van der Waals surface area contributed by atoms with Gasteiger partial charge in [-0.05, 0) is 48.0 Å². The van der Waals surface area contributed by atoms with Crippen molar-refractivity contribution in [2.24, 2.45) is 5.10 Å². The number of anilines is 1. The smallest absolute Gasteiger partial charge is 0.271 e. The number of nitrogens with one attached hydrogen (secondary N) is 2. The summed E-state index contributed by atoms with van der Waals surface area (Å²) in [5.41, 5.74) is 3.47. The lowest BCUT2D eigenvalue weighted by Gasteiger charge is -2.08. The molecule has 3 rings (SSSR count). The predicted octanol–water partition coefficient (Wildman–Crippen LogP) is 3.38. The zero-order valence-corrected chi connectivity index (χ0v) is 17.6. The molecule has 0 aliphatic heterocycles. The van der Waals surface area contributed by atoms with Gasteiger partial charge in [-0.2, -0.15) is 5.10 Å². The Bertz CT molecular complexity index is 1180. The van der Waals surface area contributed by atoms with Gasteiger partial charge in [-0.15, -0.1) is 0 Å². The van der Waals surface area contributed by atoms with E-state index in [1.54, 1.807) is 55.6 Å². The fourth-order valence-electron chi connectivity index (χ4n) is 2.70. The topological polar surface area (TPSA) is 132 Å². The lowest BCUT2D eigenvalue weighted by Crippen LogP contribution is -2.20. The summed E-state index contributed by atoms with van der Waals surface area (Å²) in [5.74, 6) is 0.207. The molecular weight excluding hydrogens is 428 g/mol. The molecule has 10 nitrogen and oxygen atoms in total. The van der Waals surface area contributed by atoms with Crippen LogP contribution in [0.3, 0.4) is 0 Å². The molecule has 0 aliphatic carbocycles. The van der Waals surface area contributed by atoms with Crippen molar-refractivity contribution >= 4 is 29.4 Å². The third-order valence-electron chi connectivity index (χ3n) is 4.30. The number of hydrogen-bond acceptors (Lipinski definition) is 7. The van der Waals surface area contributed by atoms with Crippen LogP contribution in [0.4, 0.5) is 11.4 Å². The fraction of sp³-hybridized carbons (Fsp3) is 0.0870. The number of nitrogens with zero attached hydrogens (tertiary/aromatic N) is 2. The molecule has 3 aromatic carbocycles. The third kappa shape index (κ3) is 6.89. The van der Waals surface area contributed by atoms with Crippen molar-refractivity contribution in [3.63, 3.8) is 0 Å². The minimum absolute atomic E-state index is 0.112. The van der Waals surface area contributed by atoms with Crippen LogP contribution in [0.15, 0.2) is 77.9 Å². The van der Waals surface area contributed by atoms with Crippen LogP contribution in [-0.2, 0) is 4.79 Å². The summed E-state index contributed by atoms with van der Waals surface area (Å²) in [4.78, 5) is 34.4. The molecule has 0 saturated carbocycles. The highest BCUT2D eigenvalue weighted by atomic mass is 16.6. The molecule has 0 aliphatic rings. The van der Waals surface area contributed by atoms with Gasteiger partial charge in [-0.1, -0.05) is 18.2 Å². The number of hydrazone groups is 1. The molecule has 0 radical (unpaired) electrons. The summed E-state index contributed by atoms with van der Waals surface area (Å²) in [6, 6.07) is 19.0. The van der Waals surface area contributed by atoms with E-state index < -0.39 is 10.8 Å². The second-order valence-corrected chi connectivity index (χ2v) is 6.64. The Labute approximate surface area is 189 Å². The van der Waals surface area contributed by atoms with Gasteiger partial charge in [0.1, 0.15) is 11.5 Å². The summed E-state index contributed by atoms with van der Waals surface area (Å²) < 4.78 is 10.6. The van der Waals surface area contributed by atoms with Gasteiger partial charge in [0.2, 0.25) is 0 Å². The van der Waals surface area contributed by atoms with E-state index in [-0.39, 0.29) is 23.8 Å². The zero-order chi connectivity index (χ0) is 23.6. The molecule has 0 aromatic heterocycles. The van der Waals surface area contributed by atoms with Crippen molar-refractivity contribution in [3.05, 3.63) is 94.0 Å². The van der Waals surface area contributed by atoms with Crippen LogP contribution in [0.25, 0.3) is 0 Å². The number of ether oxygens (including phenoxy) is 2. The van der Waals surface area contributed by atoms with Crippen molar-refractivity contribution in [1.29, 1.82) is 0 Å². The summed E-state index contributed by atoms with van der Waals surface area (Å²) >= 11 is 0. The Morgan fingerprint density at radius 1 is 1.03 bits per heavy atom. The Balaban J connectivity index is 1.52. The Morgan fingerprint density at radius 2 is 1.79 bits per heavy atom. The molecule has 10 heteroatoms. The number of carbonyl (C=O) groups excluding carboxylic acids is 2. The zero-order valence-electron chi connectivity index (χ0n) is 17.6. The number of nitro groups is 1. The van der Waals surface area contributed by atoms with Crippen LogP contribution in [-0.4, -0.2) is 36.7 Å². The van der Waals surface area contributed by atoms with E-state index in [1.165, 1.54) is 24.4 Å². The summed E-state index contributed by atoms with van der Waals surface area (Å²) in [5, 5.41) is 17.4. The van der Waals surface area contributed by atoms with Crippen molar-refractivity contribution in [1.82, 2.24) is 5.43 Å². The lowest BCUT2D eigenvalue weighted by atomic mass is 10.2. The van der Waals surface area contributed by atoms with Crippen LogP contribution < -0.4 is 20.2 Å². The van der Waals surface area contributed by atoms with Crippen LogP contribution in [0.5, 0.6) is 11.5 Å². The van der Waals surface area contributed by atoms with Crippen molar-refractivity contribution in [3.8, 4) is 11.5 Å². The van der Waals surface area contributed by atoms with Crippen LogP contribution in [0.1, 0.15) is 15.9 Å². The van der Waals surface area contributed by atoms with Crippen LogP contribution >= 0.6 is 0 Å². The van der Waals surface area contributed by atoms with Gasteiger partial charge in [0.15, 0.2) is 6.61 Å². The van der Waals surface area contributed by atoms with E-state index in [9.17, 15) is 19.7 Å². The number of carbonyl (C=O) groups is 2. The number of hydrogen-bond donors (Lipinski definition) is 2. The first-order valence-corrected chi connectivity index (χ1v) is 9.69. The van der Waals surface area contributed by atoms with Crippen molar-refractivity contribution < 1.29 is 24.0 Å². The van der Waals surface area contributed by atoms with E-state index in [2.05, 4.69) is 15.8 Å². The molecule has 0 saturated heterocycles. The molecule has 0 unspecified atom stereocenters. The van der Waals surface area contributed by atoms with Crippen molar-refractivity contribution in [2.45, 2.75) is 0 Å². The summed E-state index contributed by atoms with van der Waals surface area (Å²) in [6.07, 6.45) is 1.39. The molecule has 168 valence electrons. The maximum Gasteiger partial charge on any atom is 0.271 e. The number of methoxy groups -OCH3 is 1. The number of amides is 2. The maximum absolute atomic E-state index is 12.1. The first-order chi connectivity index (χ1) is 15.9. The van der Waals surface area contributed by atoms with Gasteiger partial charge >= 0.3 is 0 Å². The Kier molecular flexibility index (Phi) is 7.68. The van der Waals surface area contributed by atoms with Gasteiger partial charge in [-0.3, -0.25) is 19.7 Å². The highest BCUT2D eigenvalue weighted by Gasteiger charge is 2.10. The maximum atomic E-state index is 12.1. The molecule has 33 heavy (non-hydrogen) atoms. The molecular formula is C23H20N4O6. The number of nitro benzene ring substituents is 1. The van der Waals surface area contributed by atoms with Gasteiger partial charge in [0.25, 0.3) is 17.5 Å². The Morgan fingerprint density at radius 3 is 2.52 bits per heavy atom. The average Bonchev–Trinajstić information content (AvgIpc) is 2.83. The molecule has 0 spiro atoms. The van der Waals surface area contributed by atoms with Gasteiger partial charge < -0.3 is 14.8 Å². The molecule has 0 heterocycles. The van der Waals surface area contributed by atoms with E-state index in [0.717, 1.165) is 6.07 Å². The quantitative estimate of drug-likeness (QED) is 0.293. The monoisotopic (exact) mass is 448 g/mol. The third-order valence-corrected chi connectivity index (χ3v) is 4.30. The molecule has 0 fully saturated rings. The van der Waals surface area contributed by atoms with Gasteiger partial charge in [0.05, 0.1) is 18.2 Å². The molecule has 2 amide bonds. The highest BCUT2D eigenvalue weighted by molar-refractivity contribution is 5.95. The van der Waals surface area contributed by atoms with Crippen molar-refractivity contribution in [2.75, 3.05) is 19.0 Å². The van der Waals surface area contributed by atoms with E-state index in [0.29, 0.717) is 22.7 Å². The summed E-state index contributed by atoms with van der Waals surface area (Å²) in [6.45, 7) is -0.198. The normalized spacial score (nSPS) is 10.5. The molecule has 0 atom stereocenters. The molecule has 0 bridgehead atoms. The first-order valence-electron chi connectivity index (χ1n) is 9.69. The predicted molar refractivity (Wildman–Crippen MR) is 122 cm³/mol. The number of benzene rings is 3. The minimum atomic E-state index is -0.586. The standard InChI is InChI=1S/C23H20N4O6/c1-32-20-10-8-18(9-11-20)25-22(28)15-33-21-7-2-4-16(12-21)14-24-26-23(29)17-5-3-6-19(13-17)27(30)31/h2-14H,15H2,1H3,(H,25,28)(H,26,29)/b24-14+. The fourth-order valence-corrected chi connectivity index (χ4v) is 2.70. The largest absolute Gasteiger partial charge is 0.497 e. The van der Waals surface area contributed by atoms with E-state index in [4.69, 9.17) is 9.47 Å². The molecule has 3 aromatic rings. The second kappa shape index (κ2) is 11.0. The van der Waals surface area contributed by atoms with E-state index >= 15 is 0 Å². The number of non-ortho nitro benzene ring substituents is 1. The Hall–Kier alpha value is -4.73. The van der Waals surface area contributed by atoms with Crippen LogP contribution in [0, 0.1) is 10.1 Å². The highest BCUT2D eigenvalue weighted by Crippen LogP contribution is 2.16. The molecule has 2 N–H and O–H groups in total. The summed E-state index contributed by atoms with van der Waals surface area (Å²) in [7, 11) is 1.56. The lowest BCUT2D eigenvalue weighted by molar-refractivity contribution is -0.384. The first kappa shape index (κ1) is 22.9. The number of rotatable bonds is 9. The van der Waals surface area contributed by atoms with Gasteiger partial charge in [0, 0.05) is 23.4 Å². The SMILES string of the molecule is COc1ccc(NC(=O)COc2cccc(/C=N/NC(=O)c3cccc([N+](=O)[O-])c3)c2)cc1.